The number of carbonyl (C=O) groups excluding carboxylic acids is 2. The highest BCUT2D eigenvalue weighted by Crippen LogP contribution is 2.13. The van der Waals surface area contributed by atoms with Gasteiger partial charge in [0, 0.05) is 22.3 Å². The lowest BCUT2D eigenvalue weighted by Gasteiger charge is -2.07. The normalized spacial score (nSPS) is 10.0. The van der Waals surface area contributed by atoms with E-state index in [-0.39, 0.29) is 0 Å². The molecule has 4 rings (SSSR count). The summed E-state index contributed by atoms with van der Waals surface area (Å²) in [4.78, 5) is 42.2. The maximum atomic E-state index is 12.4. The molecule has 0 aromatic heterocycles. The minimum absolute atomic E-state index is 0.389. The van der Waals surface area contributed by atoms with Gasteiger partial charge in [0.2, 0.25) is 0 Å². The summed E-state index contributed by atoms with van der Waals surface area (Å²) >= 11 is 0. The van der Waals surface area contributed by atoms with Gasteiger partial charge < -0.3 is 0 Å². The van der Waals surface area contributed by atoms with Gasteiger partial charge in [-0.25, -0.2) is 19.4 Å². The van der Waals surface area contributed by atoms with Gasteiger partial charge in [-0.05, 0) is 0 Å². The summed E-state index contributed by atoms with van der Waals surface area (Å²) in [6, 6.07) is 36.7. The molecule has 0 aliphatic rings. The fourth-order valence-electron chi connectivity index (χ4n) is 3.27. The molecule has 0 aliphatic carbocycles. The van der Waals surface area contributed by atoms with E-state index in [0.717, 1.165) is 0 Å². The van der Waals surface area contributed by atoms with Gasteiger partial charge in [-0.1, -0.05) is 121 Å². The van der Waals surface area contributed by atoms with Crippen molar-refractivity contribution in [3.63, 3.8) is 0 Å². The zero-order chi connectivity index (χ0) is 23.6. The third-order valence-electron chi connectivity index (χ3n) is 4.78. The summed E-state index contributed by atoms with van der Waals surface area (Å²) in [5, 5.41) is 0. The molecule has 166 valence electrons. The van der Waals surface area contributed by atoms with E-state index in [1.165, 1.54) is 0 Å². The molecule has 0 radical (unpaired) electrons. The lowest BCUT2D eigenvalue weighted by atomic mass is 10.0. The highest BCUT2D eigenvalue weighted by Gasteiger charge is 2.15. The molecule has 34 heavy (non-hydrogen) atoms. The summed E-state index contributed by atoms with van der Waals surface area (Å²) < 4.78 is 0. The Morgan fingerprint density at radius 2 is 0.647 bits per heavy atom. The van der Waals surface area contributed by atoms with Crippen LogP contribution in [0.4, 0.5) is 9.59 Å². The van der Waals surface area contributed by atoms with Crippen LogP contribution in [0, 0.1) is 0 Å². The number of amides is 2. The van der Waals surface area contributed by atoms with E-state index in [9.17, 15) is 9.59 Å². The van der Waals surface area contributed by atoms with Crippen molar-refractivity contribution in [1.29, 1.82) is 0 Å². The quantitative estimate of drug-likeness (QED) is 0.210. The first kappa shape index (κ1) is 22.4. The molecule has 0 aliphatic heterocycles. The number of aliphatic imine (C=N–C) groups is 2. The van der Waals surface area contributed by atoms with Crippen LogP contribution in [0.1, 0.15) is 22.3 Å². The summed E-state index contributed by atoms with van der Waals surface area (Å²) in [5.41, 5.74) is 3.63. The Labute approximate surface area is 196 Å². The molecule has 0 bridgehead atoms. The van der Waals surface area contributed by atoms with Crippen LogP contribution in [0.5, 0.6) is 0 Å². The lowest BCUT2D eigenvalue weighted by Crippen LogP contribution is -2.12. The molecule has 0 heterocycles. The van der Waals surface area contributed by atoms with Crippen molar-refractivity contribution >= 4 is 23.6 Å². The predicted molar refractivity (Wildman–Crippen MR) is 130 cm³/mol. The van der Waals surface area contributed by atoms with E-state index in [1.807, 2.05) is 121 Å². The zero-order valence-electron chi connectivity index (χ0n) is 18.1. The van der Waals surface area contributed by atoms with Crippen molar-refractivity contribution in [1.82, 2.24) is 0 Å². The second-order valence-corrected chi connectivity index (χ2v) is 7.08. The summed E-state index contributed by atoms with van der Waals surface area (Å²) in [5.74, 6) is 0. The average Bonchev–Trinajstić information content (AvgIpc) is 2.91. The third-order valence-corrected chi connectivity index (χ3v) is 4.78. The van der Waals surface area contributed by atoms with Crippen LogP contribution in [0.2, 0.25) is 0 Å². The topological polar surface area (TPSA) is 77.3 Å². The monoisotopic (exact) mass is 448 g/mol. The van der Waals surface area contributed by atoms with Gasteiger partial charge in [-0.3, -0.25) is 0 Å². The summed E-state index contributed by atoms with van der Waals surface area (Å²) in [6.07, 6.45) is -2.15. The van der Waals surface area contributed by atoms with Crippen LogP contribution in [0.25, 0.3) is 0 Å². The first-order valence-electron chi connectivity index (χ1n) is 10.5. The van der Waals surface area contributed by atoms with Crippen LogP contribution < -0.4 is 0 Å². The van der Waals surface area contributed by atoms with Crippen molar-refractivity contribution < 1.29 is 19.4 Å². The van der Waals surface area contributed by atoms with Crippen LogP contribution in [0.15, 0.2) is 131 Å². The van der Waals surface area contributed by atoms with Gasteiger partial charge in [0.15, 0.2) is 0 Å². The number of nitrogens with zero attached hydrogens (tertiary/aromatic N) is 2. The molecule has 4 aromatic carbocycles. The average molecular weight is 448 g/mol. The minimum Gasteiger partial charge on any atom is -0.218 e. The molecule has 6 heteroatoms. The standard InChI is InChI=1S/C28H20N2O4/c31-27(29-25(21-13-5-1-6-14-21)22-15-7-2-8-16-22)33-34-28(32)30-26(23-17-9-3-10-18-23)24-19-11-4-12-20-24/h1-20H. The largest absolute Gasteiger partial charge is 0.476 e. The number of hydrogen-bond acceptors (Lipinski definition) is 4. The Bertz CT molecular complexity index is 1120. The van der Waals surface area contributed by atoms with E-state index in [0.29, 0.717) is 33.7 Å². The smallest absolute Gasteiger partial charge is 0.218 e. The molecule has 2 amide bonds. The molecule has 6 nitrogen and oxygen atoms in total. The molecule has 0 saturated carbocycles. The molecule has 0 atom stereocenters. The number of hydrogen-bond donors (Lipinski definition) is 0. The fourth-order valence-corrected chi connectivity index (χ4v) is 3.27. The van der Waals surface area contributed by atoms with Gasteiger partial charge in [-0.15, -0.1) is 0 Å². The van der Waals surface area contributed by atoms with Crippen LogP contribution in [0.3, 0.4) is 0 Å². The third kappa shape index (κ3) is 5.89. The summed E-state index contributed by atoms with van der Waals surface area (Å²) in [7, 11) is 0. The molecule has 0 N–H and O–H groups in total. The van der Waals surface area contributed by atoms with Crippen LogP contribution in [-0.2, 0) is 9.78 Å². The molecule has 4 aromatic rings. The number of carbonyl (C=O) groups is 2. The van der Waals surface area contributed by atoms with Crippen molar-refractivity contribution in [2.45, 2.75) is 0 Å². The van der Waals surface area contributed by atoms with Gasteiger partial charge in [0.25, 0.3) is 0 Å². The molecular weight excluding hydrogens is 428 g/mol. The Kier molecular flexibility index (Phi) is 7.33. The summed E-state index contributed by atoms with van der Waals surface area (Å²) in [6.45, 7) is 0. The van der Waals surface area contributed by atoms with Crippen LogP contribution in [-0.4, -0.2) is 23.6 Å². The Morgan fingerprint density at radius 3 is 0.882 bits per heavy atom. The van der Waals surface area contributed by atoms with Crippen molar-refractivity contribution in [3.8, 4) is 0 Å². The predicted octanol–water partition coefficient (Wildman–Crippen LogP) is 6.25. The highest BCUT2D eigenvalue weighted by atomic mass is 17.2. The maximum absolute atomic E-state index is 12.4. The molecule has 0 saturated heterocycles. The lowest BCUT2D eigenvalue weighted by molar-refractivity contribution is -0.172. The first-order valence-corrected chi connectivity index (χ1v) is 10.5. The fraction of sp³-hybridized carbons (Fsp3) is 0. The number of benzene rings is 4. The van der Waals surface area contributed by atoms with E-state index in [2.05, 4.69) is 19.8 Å². The maximum Gasteiger partial charge on any atom is 0.476 e. The van der Waals surface area contributed by atoms with Gasteiger partial charge >= 0.3 is 12.2 Å². The highest BCUT2D eigenvalue weighted by molar-refractivity contribution is 6.17. The van der Waals surface area contributed by atoms with Crippen molar-refractivity contribution in [3.05, 3.63) is 144 Å². The molecule has 0 spiro atoms. The molecule has 0 unspecified atom stereocenters. The van der Waals surface area contributed by atoms with Gasteiger partial charge in [0.05, 0.1) is 11.4 Å². The van der Waals surface area contributed by atoms with E-state index in [1.54, 1.807) is 0 Å². The van der Waals surface area contributed by atoms with E-state index >= 15 is 0 Å². The van der Waals surface area contributed by atoms with Gasteiger partial charge in [-0.2, -0.15) is 9.98 Å². The van der Waals surface area contributed by atoms with Gasteiger partial charge in [0.1, 0.15) is 0 Å². The Hall–Kier alpha value is -4.84. The Morgan fingerprint density at radius 1 is 0.412 bits per heavy atom. The van der Waals surface area contributed by atoms with Crippen molar-refractivity contribution in [2.75, 3.05) is 0 Å². The SMILES string of the molecule is O=C(N=C(c1ccccc1)c1ccccc1)OOC(=O)N=C(c1ccccc1)c1ccccc1. The number of rotatable bonds is 4. The molecular formula is C28H20N2O4. The second-order valence-electron chi connectivity index (χ2n) is 7.08. The minimum atomic E-state index is -1.08. The van der Waals surface area contributed by atoms with Crippen molar-refractivity contribution in [2.24, 2.45) is 9.98 Å². The first-order chi connectivity index (χ1) is 16.7. The van der Waals surface area contributed by atoms with Crippen LogP contribution >= 0.6 is 0 Å². The zero-order valence-corrected chi connectivity index (χ0v) is 18.1. The second kappa shape index (κ2) is 11.2. The molecule has 0 fully saturated rings. The van der Waals surface area contributed by atoms with E-state index in [4.69, 9.17) is 0 Å². The Balaban J connectivity index is 1.53. The van der Waals surface area contributed by atoms with E-state index < -0.39 is 12.2 Å².